The normalized spacial score (nSPS) is 18.7. The van der Waals surface area contributed by atoms with Gasteiger partial charge in [0.2, 0.25) is 5.91 Å². The molecule has 1 aliphatic rings. The fraction of sp³-hybridized carbons (Fsp3) is 0.400. The van der Waals surface area contributed by atoms with Crippen molar-refractivity contribution in [1.82, 2.24) is 14.9 Å². The van der Waals surface area contributed by atoms with Gasteiger partial charge in [-0.3, -0.25) is 9.36 Å². The minimum Gasteiger partial charge on any atom is -0.466 e. The van der Waals surface area contributed by atoms with Crippen LogP contribution in [0.3, 0.4) is 0 Å². The van der Waals surface area contributed by atoms with Crippen molar-refractivity contribution in [3.63, 3.8) is 0 Å². The van der Waals surface area contributed by atoms with Gasteiger partial charge in [0.05, 0.1) is 17.1 Å². The van der Waals surface area contributed by atoms with Crippen molar-refractivity contribution in [3.8, 4) is 0 Å². The fourth-order valence-electron chi connectivity index (χ4n) is 3.96. The van der Waals surface area contributed by atoms with Crippen LogP contribution in [0.5, 0.6) is 0 Å². The summed E-state index contributed by atoms with van der Waals surface area (Å²) in [5, 5.41) is 3.10. The van der Waals surface area contributed by atoms with Gasteiger partial charge in [0.15, 0.2) is 0 Å². The van der Waals surface area contributed by atoms with Gasteiger partial charge in [-0.25, -0.2) is 4.79 Å². The van der Waals surface area contributed by atoms with E-state index in [1.165, 1.54) is 4.57 Å². The molecule has 2 aromatic heterocycles. The highest BCUT2D eigenvalue weighted by Gasteiger charge is 2.35. The molecule has 2 N–H and O–H groups in total. The van der Waals surface area contributed by atoms with E-state index in [1.807, 2.05) is 37.3 Å². The molecule has 0 spiro atoms. The summed E-state index contributed by atoms with van der Waals surface area (Å²) in [6.45, 7) is 6.27. The van der Waals surface area contributed by atoms with Crippen LogP contribution in [-0.2, 0) is 17.8 Å². The Balaban J connectivity index is 1.58. The summed E-state index contributed by atoms with van der Waals surface area (Å²) in [5.41, 5.74) is 2.30. The van der Waals surface area contributed by atoms with E-state index in [0.29, 0.717) is 0 Å². The Morgan fingerprint density at radius 2 is 2.15 bits per heavy atom. The molecular formula is C20H23N3O3. The number of benzene rings is 1. The molecule has 0 bridgehead atoms. The van der Waals surface area contributed by atoms with Crippen LogP contribution in [0.1, 0.15) is 43.4 Å². The van der Waals surface area contributed by atoms with Gasteiger partial charge in [0, 0.05) is 12.0 Å². The second kappa shape index (κ2) is 5.90. The van der Waals surface area contributed by atoms with Gasteiger partial charge in [-0.05, 0) is 37.0 Å². The van der Waals surface area contributed by atoms with Crippen LogP contribution in [-0.4, -0.2) is 15.5 Å². The Kier molecular flexibility index (Phi) is 3.79. The van der Waals surface area contributed by atoms with Crippen molar-refractivity contribution in [2.45, 2.75) is 46.2 Å². The number of nitrogens with zero attached hydrogens (tertiary/aromatic N) is 1. The van der Waals surface area contributed by atoms with Crippen molar-refractivity contribution in [3.05, 3.63) is 57.9 Å². The molecule has 3 aromatic rings. The van der Waals surface area contributed by atoms with E-state index in [0.717, 1.165) is 41.0 Å². The highest BCUT2D eigenvalue weighted by molar-refractivity contribution is 5.80. The van der Waals surface area contributed by atoms with Crippen LogP contribution >= 0.6 is 0 Å². The topological polar surface area (TPSA) is 80.0 Å². The first-order valence-corrected chi connectivity index (χ1v) is 8.88. The van der Waals surface area contributed by atoms with Crippen LogP contribution in [0.2, 0.25) is 0 Å². The second-order valence-corrected chi connectivity index (χ2v) is 7.93. The maximum atomic E-state index is 12.7. The molecule has 1 atom stereocenters. The Hall–Kier alpha value is -2.76. The largest absolute Gasteiger partial charge is 0.466 e. The molecule has 1 unspecified atom stereocenters. The summed E-state index contributed by atoms with van der Waals surface area (Å²) in [4.78, 5) is 27.7. The van der Waals surface area contributed by atoms with Crippen LogP contribution in [0.25, 0.3) is 11.0 Å². The number of rotatable bonds is 3. The molecule has 136 valence electrons. The number of imidazole rings is 1. The molecule has 2 heterocycles. The number of amides is 1. The van der Waals surface area contributed by atoms with E-state index in [9.17, 15) is 9.59 Å². The van der Waals surface area contributed by atoms with Gasteiger partial charge in [-0.15, -0.1) is 0 Å². The first kappa shape index (κ1) is 16.7. The summed E-state index contributed by atoms with van der Waals surface area (Å²) in [7, 11) is 0. The van der Waals surface area contributed by atoms with E-state index in [1.54, 1.807) is 0 Å². The molecule has 0 saturated heterocycles. The Bertz CT molecular complexity index is 1040. The zero-order valence-electron chi connectivity index (χ0n) is 15.3. The zero-order valence-corrected chi connectivity index (χ0v) is 15.3. The molecule has 1 aliphatic carbocycles. The van der Waals surface area contributed by atoms with E-state index in [-0.39, 0.29) is 29.6 Å². The Morgan fingerprint density at radius 3 is 2.96 bits per heavy atom. The van der Waals surface area contributed by atoms with Gasteiger partial charge in [0.25, 0.3) is 0 Å². The molecule has 4 rings (SSSR count). The smallest absolute Gasteiger partial charge is 0.326 e. The number of aromatic amines is 1. The van der Waals surface area contributed by atoms with Crippen molar-refractivity contribution in [1.29, 1.82) is 0 Å². The van der Waals surface area contributed by atoms with E-state index < -0.39 is 0 Å². The molecule has 1 aromatic carbocycles. The summed E-state index contributed by atoms with van der Waals surface area (Å²) in [6, 6.07) is 9.29. The summed E-state index contributed by atoms with van der Waals surface area (Å²) in [5.74, 6) is 1.64. The maximum absolute atomic E-state index is 12.7. The lowest BCUT2D eigenvalue weighted by atomic mass is 9.74. The van der Waals surface area contributed by atoms with Gasteiger partial charge in [0.1, 0.15) is 18.1 Å². The number of nitrogens with one attached hydrogen (secondary N) is 2. The molecule has 26 heavy (non-hydrogen) atoms. The third-order valence-electron chi connectivity index (χ3n) is 5.05. The highest BCUT2D eigenvalue weighted by Crippen LogP contribution is 2.41. The summed E-state index contributed by atoms with van der Waals surface area (Å²) in [6.07, 6.45) is 1.71. The molecule has 0 saturated carbocycles. The summed E-state index contributed by atoms with van der Waals surface area (Å²) < 4.78 is 7.30. The SMILES string of the molecule is Cc1cc2c(o1)CC(C)(C)CC2NC(=O)Cn1c(=O)[nH]c2ccccc21. The quantitative estimate of drug-likeness (QED) is 0.759. The number of aryl methyl sites for hydroxylation is 1. The molecule has 0 fully saturated rings. The van der Waals surface area contributed by atoms with Crippen LogP contribution in [0.15, 0.2) is 39.5 Å². The van der Waals surface area contributed by atoms with Gasteiger partial charge < -0.3 is 14.7 Å². The van der Waals surface area contributed by atoms with Crippen LogP contribution in [0, 0.1) is 12.3 Å². The number of H-pyrrole nitrogens is 1. The lowest BCUT2D eigenvalue weighted by Gasteiger charge is -2.34. The minimum absolute atomic E-state index is 0.00799. The van der Waals surface area contributed by atoms with Crippen LogP contribution < -0.4 is 11.0 Å². The maximum Gasteiger partial charge on any atom is 0.326 e. The van der Waals surface area contributed by atoms with E-state index in [2.05, 4.69) is 24.1 Å². The molecule has 6 nitrogen and oxygen atoms in total. The number of hydrogen-bond donors (Lipinski definition) is 2. The number of furan rings is 1. The molecule has 6 heteroatoms. The number of para-hydroxylation sites is 2. The van der Waals surface area contributed by atoms with E-state index >= 15 is 0 Å². The van der Waals surface area contributed by atoms with Gasteiger partial charge in [-0.1, -0.05) is 26.0 Å². The Morgan fingerprint density at radius 1 is 1.38 bits per heavy atom. The number of fused-ring (bicyclic) bond motifs is 2. The third kappa shape index (κ3) is 2.96. The minimum atomic E-state index is -0.273. The fourth-order valence-corrected chi connectivity index (χ4v) is 3.96. The zero-order chi connectivity index (χ0) is 18.5. The number of aromatic nitrogens is 2. The monoisotopic (exact) mass is 353 g/mol. The second-order valence-electron chi connectivity index (χ2n) is 7.93. The van der Waals surface area contributed by atoms with E-state index in [4.69, 9.17) is 4.42 Å². The predicted octanol–water partition coefficient (Wildman–Crippen LogP) is 3.06. The van der Waals surface area contributed by atoms with Crippen molar-refractivity contribution in [2.75, 3.05) is 0 Å². The van der Waals surface area contributed by atoms with Crippen LogP contribution in [0.4, 0.5) is 0 Å². The first-order valence-electron chi connectivity index (χ1n) is 8.88. The van der Waals surface area contributed by atoms with Gasteiger partial charge in [-0.2, -0.15) is 0 Å². The average Bonchev–Trinajstić information content (AvgIpc) is 3.06. The van der Waals surface area contributed by atoms with Crippen molar-refractivity contribution in [2.24, 2.45) is 5.41 Å². The number of hydrogen-bond acceptors (Lipinski definition) is 3. The number of carbonyl (C=O) groups excluding carboxylic acids is 1. The molecular weight excluding hydrogens is 330 g/mol. The van der Waals surface area contributed by atoms with Crippen molar-refractivity contribution < 1.29 is 9.21 Å². The molecule has 0 aliphatic heterocycles. The lowest BCUT2D eigenvalue weighted by Crippen LogP contribution is -2.38. The van der Waals surface area contributed by atoms with Gasteiger partial charge >= 0.3 is 5.69 Å². The first-order chi connectivity index (χ1) is 12.3. The highest BCUT2D eigenvalue weighted by atomic mass is 16.3. The Labute approximate surface area is 151 Å². The average molecular weight is 353 g/mol. The molecule has 1 amide bonds. The lowest BCUT2D eigenvalue weighted by molar-refractivity contribution is -0.122. The predicted molar refractivity (Wildman–Crippen MR) is 99.0 cm³/mol. The number of carbonyl (C=O) groups is 1. The standard InChI is InChI=1S/C20H23N3O3/c1-12-8-13-15(9-20(2,3)10-17(13)26-12)21-18(24)11-23-16-7-5-4-6-14(16)22-19(23)25/h4-8,15H,9-11H2,1-3H3,(H,21,24)(H,22,25). The third-order valence-corrected chi connectivity index (χ3v) is 5.05. The van der Waals surface area contributed by atoms with Crippen molar-refractivity contribution >= 4 is 16.9 Å². The summed E-state index contributed by atoms with van der Waals surface area (Å²) >= 11 is 0. The molecule has 0 radical (unpaired) electrons.